The van der Waals surface area contributed by atoms with Crippen LogP contribution in [0.1, 0.15) is 16.1 Å². The van der Waals surface area contributed by atoms with Gasteiger partial charge in [0, 0.05) is 0 Å². The lowest BCUT2D eigenvalue weighted by atomic mass is 10.2. The lowest BCUT2D eigenvalue weighted by Crippen LogP contribution is -2.11. The molecule has 0 aliphatic heterocycles. The van der Waals surface area contributed by atoms with Crippen molar-refractivity contribution in [1.82, 2.24) is 15.2 Å². The first-order chi connectivity index (χ1) is 11.2. The molecule has 0 radical (unpaired) electrons. The molecule has 1 aromatic carbocycles. The third-order valence-electron chi connectivity index (χ3n) is 3.36. The van der Waals surface area contributed by atoms with Gasteiger partial charge in [-0.2, -0.15) is 5.10 Å². The number of thiophene rings is 1. The van der Waals surface area contributed by atoms with Crippen LogP contribution in [0.4, 0.5) is 5.13 Å². The zero-order chi connectivity index (χ0) is 15.8. The van der Waals surface area contributed by atoms with Crippen LogP contribution in [-0.4, -0.2) is 21.1 Å². The number of carbonyl (C=O) groups excluding carboxylic acids is 1. The lowest BCUT2D eigenvalue weighted by molar-refractivity contribution is 0.102. The van der Waals surface area contributed by atoms with E-state index in [-0.39, 0.29) is 5.91 Å². The second-order valence-corrected chi connectivity index (χ2v) is 7.07. The molecule has 5 nitrogen and oxygen atoms in total. The highest BCUT2D eigenvalue weighted by Gasteiger charge is 2.14. The largest absolute Gasteiger partial charge is 0.296 e. The highest BCUT2D eigenvalue weighted by Crippen LogP contribution is 2.27. The molecule has 7 heteroatoms. The number of aromatic nitrogens is 3. The summed E-state index contributed by atoms with van der Waals surface area (Å²) in [6, 6.07) is 11.7. The summed E-state index contributed by atoms with van der Waals surface area (Å²) in [5, 5.41) is 12.4. The van der Waals surface area contributed by atoms with Crippen LogP contribution in [0.3, 0.4) is 0 Å². The van der Waals surface area contributed by atoms with Crippen LogP contribution in [0.15, 0.2) is 41.8 Å². The normalized spacial score (nSPS) is 11.0. The van der Waals surface area contributed by atoms with Gasteiger partial charge in [0.2, 0.25) is 0 Å². The van der Waals surface area contributed by atoms with Gasteiger partial charge in [-0.15, -0.1) is 11.3 Å². The van der Waals surface area contributed by atoms with Gasteiger partial charge in [-0.25, -0.2) is 4.98 Å². The number of anilines is 1. The molecule has 0 atom stereocenters. The number of H-pyrrole nitrogens is 1. The van der Waals surface area contributed by atoms with E-state index in [0.717, 1.165) is 20.8 Å². The van der Waals surface area contributed by atoms with Gasteiger partial charge in [-0.1, -0.05) is 23.5 Å². The molecule has 0 aliphatic carbocycles. The Bertz CT molecular complexity index is 985. The van der Waals surface area contributed by atoms with Gasteiger partial charge in [0.1, 0.15) is 0 Å². The standard InChI is InChI=1S/C16H12N4OS2/c1-9-4-5-10-14(7-9)23-16(17-10)18-15(21)12-8-11(19-20-12)13-3-2-6-22-13/h2-8H,1H3,(H,19,20)(H,17,18,21). The molecule has 1 amide bonds. The monoisotopic (exact) mass is 340 g/mol. The van der Waals surface area contributed by atoms with Crippen molar-refractivity contribution in [3.8, 4) is 10.6 Å². The molecule has 2 N–H and O–H groups in total. The van der Waals surface area contributed by atoms with Crippen LogP contribution in [-0.2, 0) is 0 Å². The first kappa shape index (κ1) is 14.1. The first-order valence-electron chi connectivity index (χ1n) is 6.97. The maximum absolute atomic E-state index is 12.3. The Morgan fingerprint density at radius 2 is 2.17 bits per heavy atom. The summed E-state index contributed by atoms with van der Waals surface area (Å²) in [7, 11) is 0. The third kappa shape index (κ3) is 2.76. The van der Waals surface area contributed by atoms with E-state index in [1.54, 1.807) is 17.4 Å². The third-order valence-corrected chi connectivity index (χ3v) is 5.20. The van der Waals surface area contributed by atoms with Crippen LogP contribution in [0, 0.1) is 6.92 Å². The molecule has 0 unspecified atom stereocenters. The van der Waals surface area contributed by atoms with Crippen molar-refractivity contribution in [3.05, 3.63) is 53.0 Å². The summed E-state index contributed by atoms with van der Waals surface area (Å²) in [4.78, 5) is 17.8. The molecule has 3 aromatic heterocycles. The van der Waals surface area contributed by atoms with Gasteiger partial charge in [-0.3, -0.25) is 15.2 Å². The molecule has 0 saturated heterocycles. The molecule has 0 fully saturated rings. The second-order valence-electron chi connectivity index (χ2n) is 5.09. The predicted octanol–water partition coefficient (Wildman–Crippen LogP) is 4.31. The number of aromatic amines is 1. The number of aryl methyl sites for hydroxylation is 1. The van der Waals surface area contributed by atoms with Crippen LogP contribution < -0.4 is 5.32 Å². The molecule has 0 saturated carbocycles. The number of nitrogens with one attached hydrogen (secondary N) is 2. The Labute approximate surface area is 140 Å². The average molecular weight is 340 g/mol. The molecule has 4 rings (SSSR count). The fourth-order valence-corrected chi connectivity index (χ4v) is 3.89. The van der Waals surface area contributed by atoms with E-state index in [4.69, 9.17) is 0 Å². The average Bonchev–Trinajstić information content (AvgIpc) is 3.26. The zero-order valence-corrected chi connectivity index (χ0v) is 13.8. The molecule has 4 aromatic rings. The van der Waals surface area contributed by atoms with Crippen molar-refractivity contribution in [2.45, 2.75) is 6.92 Å². The Morgan fingerprint density at radius 3 is 3.00 bits per heavy atom. The fourth-order valence-electron chi connectivity index (χ4n) is 2.24. The zero-order valence-electron chi connectivity index (χ0n) is 12.2. The number of hydrogen-bond donors (Lipinski definition) is 2. The topological polar surface area (TPSA) is 70.7 Å². The predicted molar refractivity (Wildman–Crippen MR) is 94.2 cm³/mol. The van der Waals surface area contributed by atoms with Gasteiger partial charge >= 0.3 is 0 Å². The minimum atomic E-state index is -0.264. The molecule has 0 aliphatic rings. The summed E-state index contributed by atoms with van der Waals surface area (Å²) in [5.41, 5.74) is 3.25. The molecular formula is C16H12N4OS2. The van der Waals surface area contributed by atoms with Gasteiger partial charge in [0.05, 0.1) is 20.8 Å². The summed E-state index contributed by atoms with van der Waals surface area (Å²) in [6.07, 6.45) is 0. The molecule has 3 heterocycles. The molecule has 0 bridgehead atoms. The van der Waals surface area contributed by atoms with E-state index >= 15 is 0 Å². The van der Waals surface area contributed by atoms with Crippen LogP contribution in [0.5, 0.6) is 0 Å². The van der Waals surface area contributed by atoms with Gasteiger partial charge in [0.15, 0.2) is 10.8 Å². The van der Waals surface area contributed by atoms with E-state index in [1.165, 1.54) is 16.9 Å². The number of hydrogen-bond acceptors (Lipinski definition) is 5. The summed E-state index contributed by atoms with van der Waals surface area (Å²) >= 11 is 3.06. The van der Waals surface area contributed by atoms with Crippen molar-refractivity contribution < 1.29 is 4.79 Å². The van der Waals surface area contributed by atoms with E-state index in [2.05, 4.69) is 26.6 Å². The summed E-state index contributed by atoms with van der Waals surface area (Å²) in [5.74, 6) is -0.264. The Balaban J connectivity index is 1.57. The molecule has 0 spiro atoms. The summed E-state index contributed by atoms with van der Waals surface area (Å²) < 4.78 is 1.06. The number of rotatable bonds is 3. The minimum Gasteiger partial charge on any atom is -0.296 e. The van der Waals surface area contributed by atoms with E-state index in [0.29, 0.717) is 10.8 Å². The number of fused-ring (bicyclic) bond motifs is 1. The molecular weight excluding hydrogens is 328 g/mol. The van der Waals surface area contributed by atoms with Crippen LogP contribution in [0.2, 0.25) is 0 Å². The first-order valence-corrected chi connectivity index (χ1v) is 8.66. The minimum absolute atomic E-state index is 0.264. The number of benzene rings is 1. The van der Waals surface area contributed by atoms with E-state index in [1.807, 2.05) is 36.6 Å². The van der Waals surface area contributed by atoms with Crippen LogP contribution in [0.25, 0.3) is 20.8 Å². The second kappa shape index (κ2) is 5.60. The van der Waals surface area contributed by atoms with Crippen molar-refractivity contribution in [3.63, 3.8) is 0 Å². The van der Waals surface area contributed by atoms with E-state index < -0.39 is 0 Å². The quantitative estimate of drug-likeness (QED) is 0.584. The highest BCUT2D eigenvalue weighted by molar-refractivity contribution is 7.22. The lowest BCUT2D eigenvalue weighted by Gasteiger charge is -1.96. The maximum atomic E-state index is 12.3. The van der Waals surface area contributed by atoms with Crippen molar-refractivity contribution in [1.29, 1.82) is 0 Å². The fraction of sp³-hybridized carbons (Fsp3) is 0.0625. The van der Waals surface area contributed by atoms with Crippen molar-refractivity contribution in [2.24, 2.45) is 0 Å². The highest BCUT2D eigenvalue weighted by atomic mass is 32.1. The maximum Gasteiger partial charge on any atom is 0.277 e. The SMILES string of the molecule is Cc1ccc2nc(NC(=O)c3cc(-c4cccs4)[nH]n3)sc2c1. The van der Waals surface area contributed by atoms with E-state index in [9.17, 15) is 4.79 Å². The van der Waals surface area contributed by atoms with Crippen LogP contribution >= 0.6 is 22.7 Å². The smallest absolute Gasteiger partial charge is 0.277 e. The number of thiazole rings is 1. The summed E-state index contributed by atoms with van der Waals surface area (Å²) in [6.45, 7) is 2.03. The van der Waals surface area contributed by atoms with Crippen molar-refractivity contribution >= 4 is 43.9 Å². The number of amides is 1. The number of carbonyl (C=O) groups is 1. The Hall–Kier alpha value is -2.51. The van der Waals surface area contributed by atoms with Crippen molar-refractivity contribution in [2.75, 3.05) is 5.32 Å². The van der Waals surface area contributed by atoms with Gasteiger partial charge in [-0.05, 0) is 42.1 Å². The Morgan fingerprint density at radius 1 is 1.26 bits per heavy atom. The Kier molecular flexibility index (Phi) is 3.44. The molecule has 23 heavy (non-hydrogen) atoms. The number of nitrogens with zero attached hydrogens (tertiary/aromatic N) is 2. The molecule has 114 valence electrons. The van der Waals surface area contributed by atoms with Gasteiger partial charge < -0.3 is 0 Å². The van der Waals surface area contributed by atoms with Gasteiger partial charge in [0.25, 0.3) is 5.91 Å².